The molecule has 0 radical (unpaired) electrons. The van der Waals surface area contributed by atoms with E-state index in [1.54, 1.807) is 42.5 Å². The van der Waals surface area contributed by atoms with Crippen LogP contribution in [-0.2, 0) is 11.3 Å². The molecule has 4 rings (SSSR count). The standard InChI is InChI=1S/C21H19N5O3/c1-13(2)26-12-23-18-8-7-14(9-16(18)21(26)29)24-19(27)10-25-11-22-17-6-4-3-5-15(17)20(25)28/h3-9,11-13H,10H2,1-2H3,(H,24,27). The van der Waals surface area contributed by atoms with Crippen molar-refractivity contribution < 1.29 is 4.79 Å². The summed E-state index contributed by atoms with van der Waals surface area (Å²) in [6.07, 6.45) is 2.88. The maximum Gasteiger partial charge on any atom is 0.261 e. The molecule has 0 aliphatic carbocycles. The lowest BCUT2D eigenvalue weighted by Gasteiger charge is -2.11. The fraction of sp³-hybridized carbons (Fsp3) is 0.190. The normalized spacial score (nSPS) is 11.3. The number of aromatic nitrogens is 4. The molecule has 0 fully saturated rings. The van der Waals surface area contributed by atoms with Crippen LogP contribution in [-0.4, -0.2) is 25.0 Å². The van der Waals surface area contributed by atoms with Crippen LogP contribution in [0.4, 0.5) is 5.69 Å². The van der Waals surface area contributed by atoms with Crippen LogP contribution in [0.5, 0.6) is 0 Å². The van der Waals surface area contributed by atoms with Gasteiger partial charge in [0, 0.05) is 11.7 Å². The van der Waals surface area contributed by atoms with Gasteiger partial charge in [0.25, 0.3) is 11.1 Å². The third kappa shape index (κ3) is 3.52. The predicted molar refractivity (Wildman–Crippen MR) is 111 cm³/mol. The number of para-hydroxylation sites is 1. The number of carbonyl (C=O) groups is 1. The average molecular weight is 389 g/mol. The Morgan fingerprint density at radius 1 is 0.966 bits per heavy atom. The van der Waals surface area contributed by atoms with E-state index in [1.165, 1.54) is 21.8 Å². The molecule has 0 aliphatic rings. The lowest BCUT2D eigenvalue weighted by atomic mass is 10.2. The number of benzene rings is 2. The monoisotopic (exact) mass is 389 g/mol. The third-order valence-electron chi connectivity index (χ3n) is 4.67. The minimum atomic E-state index is -0.392. The first-order valence-corrected chi connectivity index (χ1v) is 9.19. The lowest BCUT2D eigenvalue weighted by Crippen LogP contribution is -2.28. The molecule has 0 saturated carbocycles. The summed E-state index contributed by atoms with van der Waals surface area (Å²) < 4.78 is 2.79. The van der Waals surface area contributed by atoms with Gasteiger partial charge in [-0.1, -0.05) is 12.1 Å². The summed E-state index contributed by atoms with van der Waals surface area (Å²) in [5.74, 6) is -0.392. The molecule has 29 heavy (non-hydrogen) atoms. The van der Waals surface area contributed by atoms with Crippen LogP contribution >= 0.6 is 0 Å². The Morgan fingerprint density at radius 2 is 1.69 bits per heavy atom. The number of amides is 1. The van der Waals surface area contributed by atoms with Crippen molar-refractivity contribution in [3.8, 4) is 0 Å². The molecule has 2 heterocycles. The molecular formula is C21H19N5O3. The number of nitrogens with one attached hydrogen (secondary N) is 1. The van der Waals surface area contributed by atoms with E-state index in [0.717, 1.165) is 0 Å². The molecule has 4 aromatic rings. The van der Waals surface area contributed by atoms with Crippen LogP contribution in [0.15, 0.2) is 64.7 Å². The number of carbonyl (C=O) groups excluding carboxylic acids is 1. The summed E-state index contributed by atoms with van der Waals surface area (Å²) in [5, 5.41) is 3.60. The highest BCUT2D eigenvalue weighted by atomic mass is 16.2. The fourth-order valence-corrected chi connectivity index (χ4v) is 3.16. The van der Waals surface area contributed by atoms with Gasteiger partial charge in [0.15, 0.2) is 0 Å². The maximum atomic E-state index is 12.6. The first-order chi connectivity index (χ1) is 13.9. The molecule has 8 nitrogen and oxygen atoms in total. The molecule has 2 aromatic heterocycles. The van der Waals surface area contributed by atoms with Crippen LogP contribution in [0.25, 0.3) is 21.8 Å². The number of hydrogen-bond acceptors (Lipinski definition) is 5. The molecule has 0 aliphatic heterocycles. The van der Waals surface area contributed by atoms with Crippen LogP contribution in [0, 0.1) is 0 Å². The van der Waals surface area contributed by atoms with E-state index in [1.807, 2.05) is 13.8 Å². The van der Waals surface area contributed by atoms with Gasteiger partial charge in [-0.25, -0.2) is 9.97 Å². The number of anilines is 1. The van der Waals surface area contributed by atoms with Gasteiger partial charge in [-0.3, -0.25) is 23.5 Å². The van der Waals surface area contributed by atoms with Crippen molar-refractivity contribution >= 4 is 33.4 Å². The van der Waals surface area contributed by atoms with E-state index >= 15 is 0 Å². The molecule has 1 N–H and O–H groups in total. The Morgan fingerprint density at radius 3 is 2.48 bits per heavy atom. The van der Waals surface area contributed by atoms with E-state index < -0.39 is 5.91 Å². The summed E-state index contributed by atoms with van der Waals surface area (Å²) in [4.78, 5) is 46.1. The number of rotatable bonds is 4. The minimum Gasteiger partial charge on any atom is -0.325 e. The van der Waals surface area contributed by atoms with Crippen molar-refractivity contribution in [1.82, 2.24) is 19.1 Å². The molecule has 0 unspecified atom stereocenters. The van der Waals surface area contributed by atoms with Crippen molar-refractivity contribution in [2.75, 3.05) is 5.32 Å². The lowest BCUT2D eigenvalue weighted by molar-refractivity contribution is -0.116. The summed E-state index contributed by atoms with van der Waals surface area (Å²) in [6.45, 7) is 3.61. The quantitative estimate of drug-likeness (QED) is 0.578. The highest BCUT2D eigenvalue weighted by Gasteiger charge is 2.11. The van der Waals surface area contributed by atoms with Gasteiger partial charge >= 0.3 is 0 Å². The van der Waals surface area contributed by atoms with Crippen molar-refractivity contribution in [2.45, 2.75) is 26.4 Å². The van der Waals surface area contributed by atoms with Crippen LogP contribution in [0.3, 0.4) is 0 Å². The number of hydrogen-bond donors (Lipinski definition) is 1. The largest absolute Gasteiger partial charge is 0.325 e. The second-order valence-electron chi connectivity index (χ2n) is 7.03. The van der Waals surface area contributed by atoms with Crippen LogP contribution in [0.2, 0.25) is 0 Å². The summed E-state index contributed by atoms with van der Waals surface area (Å²) in [7, 11) is 0. The molecule has 0 atom stereocenters. The summed E-state index contributed by atoms with van der Waals surface area (Å²) in [5.41, 5.74) is 1.14. The Kier molecular flexibility index (Phi) is 4.67. The van der Waals surface area contributed by atoms with E-state index in [9.17, 15) is 14.4 Å². The van der Waals surface area contributed by atoms with Crippen molar-refractivity contribution in [3.05, 3.63) is 75.8 Å². The second kappa shape index (κ2) is 7.31. The third-order valence-corrected chi connectivity index (χ3v) is 4.67. The molecule has 0 spiro atoms. The van der Waals surface area contributed by atoms with Gasteiger partial charge in [-0.2, -0.15) is 0 Å². The Hall–Kier alpha value is -3.81. The van der Waals surface area contributed by atoms with Gasteiger partial charge < -0.3 is 5.32 Å². The fourth-order valence-electron chi connectivity index (χ4n) is 3.16. The second-order valence-corrected chi connectivity index (χ2v) is 7.03. The Bertz CT molecular complexity index is 1350. The zero-order valence-electron chi connectivity index (χ0n) is 16.0. The maximum absolute atomic E-state index is 12.6. The van der Waals surface area contributed by atoms with Gasteiger partial charge in [0.05, 0.1) is 34.5 Å². The average Bonchev–Trinajstić information content (AvgIpc) is 2.70. The van der Waals surface area contributed by atoms with E-state index in [-0.39, 0.29) is 23.7 Å². The van der Waals surface area contributed by atoms with Gasteiger partial charge in [-0.15, -0.1) is 0 Å². The first-order valence-electron chi connectivity index (χ1n) is 9.19. The summed E-state index contributed by atoms with van der Waals surface area (Å²) in [6, 6.07) is 11.9. The molecule has 1 amide bonds. The SMILES string of the molecule is CC(C)n1cnc2ccc(NC(=O)Cn3cnc4ccccc4c3=O)cc2c1=O. The van der Waals surface area contributed by atoms with E-state index in [4.69, 9.17) is 0 Å². The van der Waals surface area contributed by atoms with Crippen LogP contribution < -0.4 is 16.4 Å². The topological polar surface area (TPSA) is 98.9 Å². The van der Waals surface area contributed by atoms with Crippen molar-refractivity contribution in [2.24, 2.45) is 0 Å². The molecule has 0 bridgehead atoms. The molecule has 2 aromatic carbocycles. The summed E-state index contributed by atoms with van der Waals surface area (Å²) >= 11 is 0. The first kappa shape index (κ1) is 18.5. The van der Waals surface area contributed by atoms with Crippen LogP contribution in [0.1, 0.15) is 19.9 Å². The highest BCUT2D eigenvalue weighted by molar-refractivity contribution is 5.93. The molecule has 8 heteroatoms. The smallest absolute Gasteiger partial charge is 0.261 e. The highest BCUT2D eigenvalue weighted by Crippen LogP contribution is 2.15. The van der Waals surface area contributed by atoms with Gasteiger partial charge in [0.1, 0.15) is 6.54 Å². The van der Waals surface area contributed by atoms with E-state index in [2.05, 4.69) is 15.3 Å². The zero-order chi connectivity index (χ0) is 20.5. The zero-order valence-corrected chi connectivity index (χ0v) is 16.0. The van der Waals surface area contributed by atoms with Crippen molar-refractivity contribution in [3.63, 3.8) is 0 Å². The van der Waals surface area contributed by atoms with Gasteiger partial charge in [-0.05, 0) is 44.2 Å². The molecule has 0 saturated heterocycles. The molecular weight excluding hydrogens is 370 g/mol. The Labute approximate surface area is 165 Å². The van der Waals surface area contributed by atoms with E-state index in [0.29, 0.717) is 27.5 Å². The molecule has 146 valence electrons. The number of nitrogens with zero attached hydrogens (tertiary/aromatic N) is 4. The van der Waals surface area contributed by atoms with Gasteiger partial charge in [0.2, 0.25) is 5.91 Å². The number of fused-ring (bicyclic) bond motifs is 2. The Balaban J connectivity index is 1.61. The predicted octanol–water partition coefficient (Wildman–Crippen LogP) is 2.33. The minimum absolute atomic E-state index is 0.0232. The van der Waals surface area contributed by atoms with Crippen molar-refractivity contribution in [1.29, 1.82) is 0 Å².